The molecule has 0 saturated carbocycles. The normalized spacial score (nSPS) is 8.56. The zero-order valence-corrected chi connectivity index (χ0v) is 5.72. The van der Waals surface area contributed by atoms with E-state index in [0.29, 0.717) is 11.7 Å². The van der Waals surface area contributed by atoms with E-state index >= 15 is 0 Å². The quantitative estimate of drug-likeness (QED) is 0.478. The summed E-state index contributed by atoms with van der Waals surface area (Å²) in [4.78, 5) is 14.6. The molecule has 1 amide bonds. The number of hydroxylamine groups is 2. The number of carboxylic acid groups (broad SMARTS) is 1. The van der Waals surface area contributed by atoms with Gasteiger partial charge in [-0.1, -0.05) is 12.2 Å². The highest BCUT2D eigenvalue weighted by molar-refractivity contribution is 7.78. The minimum absolute atomic E-state index is 0.291. The van der Waals surface area contributed by atoms with Crippen molar-refractivity contribution in [2.24, 2.45) is 0 Å². The molecule has 0 aromatic carbocycles. The minimum Gasteiger partial charge on any atom is -0.463 e. The predicted octanol–water partition coefficient (Wildman–Crippen LogP) is 0.875. The van der Waals surface area contributed by atoms with Crippen LogP contribution in [0.25, 0.3) is 0 Å². The summed E-state index contributed by atoms with van der Waals surface area (Å²) in [6, 6.07) is 0. The summed E-state index contributed by atoms with van der Waals surface area (Å²) in [7, 11) is 0. The van der Waals surface area contributed by atoms with Crippen LogP contribution in [-0.2, 0) is 4.84 Å². The van der Waals surface area contributed by atoms with Crippen molar-refractivity contribution in [3.05, 3.63) is 0 Å². The lowest BCUT2D eigenvalue weighted by Gasteiger charge is -2.09. The van der Waals surface area contributed by atoms with Crippen LogP contribution < -0.4 is 0 Å². The molecule has 5 heteroatoms. The lowest BCUT2D eigenvalue weighted by molar-refractivity contribution is -0.0648. The van der Waals surface area contributed by atoms with Crippen LogP contribution in [0.5, 0.6) is 0 Å². The van der Waals surface area contributed by atoms with Gasteiger partial charge >= 0.3 is 6.09 Å². The Balaban J connectivity index is 3.68. The monoisotopic (exact) mass is 149 g/mol. The van der Waals surface area contributed by atoms with Gasteiger partial charge < -0.3 is 5.11 Å². The maximum Gasteiger partial charge on any atom is 0.436 e. The largest absolute Gasteiger partial charge is 0.463 e. The summed E-state index contributed by atoms with van der Waals surface area (Å²) in [5, 5.41) is 8.79. The van der Waals surface area contributed by atoms with Gasteiger partial charge in [0.05, 0.1) is 6.61 Å². The Hall–Kier alpha value is -0.680. The van der Waals surface area contributed by atoms with Crippen LogP contribution in [0.2, 0.25) is 0 Å². The second-order valence-electron chi connectivity index (χ2n) is 1.13. The third kappa shape index (κ3) is 2.99. The van der Waals surface area contributed by atoms with Crippen molar-refractivity contribution in [1.82, 2.24) is 5.06 Å². The predicted molar refractivity (Wildman–Crippen MR) is 35.1 cm³/mol. The van der Waals surface area contributed by atoms with Gasteiger partial charge in [-0.05, 0) is 6.92 Å². The van der Waals surface area contributed by atoms with Crippen molar-refractivity contribution >= 4 is 23.8 Å². The van der Waals surface area contributed by atoms with Crippen LogP contribution in [0.3, 0.4) is 0 Å². The fourth-order valence-electron chi connectivity index (χ4n) is 0.270. The highest BCUT2D eigenvalue weighted by atomic mass is 32.1. The maximum atomic E-state index is 10.0. The standard InChI is InChI=1S/C4H7NO3S/c1-2-8-5(3-9)4(6)7/h3H,2H2,1H3,(H,6,7). The molecule has 4 nitrogen and oxygen atoms in total. The second-order valence-corrected chi connectivity index (χ2v) is 1.34. The van der Waals surface area contributed by atoms with Crippen molar-refractivity contribution in [3.8, 4) is 0 Å². The Morgan fingerprint density at radius 3 is 2.67 bits per heavy atom. The Bertz CT molecular complexity index is 116. The van der Waals surface area contributed by atoms with Crippen molar-refractivity contribution in [3.63, 3.8) is 0 Å². The first kappa shape index (κ1) is 8.32. The summed E-state index contributed by atoms with van der Waals surface area (Å²) >= 11 is 4.31. The highest BCUT2D eigenvalue weighted by Crippen LogP contribution is 1.85. The molecule has 0 heterocycles. The van der Waals surface area contributed by atoms with Crippen LogP contribution in [0, 0.1) is 0 Å². The van der Waals surface area contributed by atoms with E-state index in [1.54, 1.807) is 6.92 Å². The van der Waals surface area contributed by atoms with Crippen LogP contribution in [0.15, 0.2) is 0 Å². The van der Waals surface area contributed by atoms with Crippen molar-refractivity contribution in [2.75, 3.05) is 6.61 Å². The molecule has 0 saturated heterocycles. The van der Waals surface area contributed by atoms with E-state index in [0.717, 1.165) is 5.49 Å². The van der Waals surface area contributed by atoms with E-state index in [1.165, 1.54) is 0 Å². The minimum atomic E-state index is -1.20. The average Bonchev–Trinajstić information content (AvgIpc) is 1.82. The first-order valence-corrected chi connectivity index (χ1v) is 2.79. The molecule has 0 aromatic heterocycles. The molecule has 0 aromatic rings. The molecular formula is C4H7NO3S. The number of amides is 1. The van der Waals surface area contributed by atoms with Gasteiger partial charge in [-0.3, -0.25) is 4.84 Å². The maximum absolute atomic E-state index is 10.0. The van der Waals surface area contributed by atoms with Crippen molar-refractivity contribution in [2.45, 2.75) is 6.92 Å². The van der Waals surface area contributed by atoms with Gasteiger partial charge in [-0.15, -0.1) is 5.06 Å². The zero-order valence-electron chi connectivity index (χ0n) is 4.90. The van der Waals surface area contributed by atoms with E-state index in [2.05, 4.69) is 17.1 Å². The Labute approximate surface area is 58.0 Å². The lowest BCUT2D eigenvalue weighted by atomic mass is 10.9. The first-order valence-electron chi connectivity index (χ1n) is 2.32. The van der Waals surface area contributed by atoms with Crippen LogP contribution in [0.1, 0.15) is 6.92 Å². The van der Waals surface area contributed by atoms with E-state index in [-0.39, 0.29) is 0 Å². The summed E-state index contributed by atoms with van der Waals surface area (Å²) in [6.07, 6.45) is -1.20. The van der Waals surface area contributed by atoms with E-state index < -0.39 is 6.09 Å². The number of hydrogen-bond acceptors (Lipinski definition) is 3. The zero-order chi connectivity index (χ0) is 7.28. The lowest BCUT2D eigenvalue weighted by Crippen LogP contribution is -2.27. The van der Waals surface area contributed by atoms with E-state index in [9.17, 15) is 4.79 Å². The molecule has 0 aliphatic rings. The summed E-state index contributed by atoms with van der Waals surface area (Å²) in [5.74, 6) is 0. The van der Waals surface area contributed by atoms with Gasteiger partial charge in [-0.2, -0.15) is 0 Å². The van der Waals surface area contributed by atoms with Gasteiger partial charge in [0.1, 0.15) is 5.49 Å². The molecule has 0 rings (SSSR count). The van der Waals surface area contributed by atoms with Gasteiger partial charge in [0.25, 0.3) is 0 Å². The molecule has 0 radical (unpaired) electrons. The molecule has 0 aliphatic carbocycles. The van der Waals surface area contributed by atoms with Crippen molar-refractivity contribution in [1.29, 1.82) is 0 Å². The number of carbonyl (C=O) groups is 1. The highest BCUT2D eigenvalue weighted by Gasteiger charge is 2.05. The molecule has 1 N–H and O–H groups in total. The summed E-state index contributed by atoms with van der Waals surface area (Å²) < 4.78 is 0. The van der Waals surface area contributed by atoms with Crippen LogP contribution >= 0.6 is 12.2 Å². The first-order chi connectivity index (χ1) is 4.22. The third-order valence-electron chi connectivity index (χ3n) is 0.552. The Kier molecular flexibility index (Phi) is 3.90. The number of hydrogen-bond donors (Lipinski definition) is 1. The molecule has 9 heavy (non-hydrogen) atoms. The second kappa shape index (κ2) is 4.22. The third-order valence-corrected chi connectivity index (χ3v) is 0.744. The number of thiocarbonyl (C=S) groups is 1. The molecule has 0 atom stereocenters. The molecular weight excluding hydrogens is 142 g/mol. The molecule has 0 unspecified atom stereocenters. The van der Waals surface area contributed by atoms with Gasteiger partial charge in [0.2, 0.25) is 0 Å². The molecule has 0 aliphatic heterocycles. The van der Waals surface area contributed by atoms with E-state index in [1.807, 2.05) is 0 Å². The fraction of sp³-hybridized carbons (Fsp3) is 0.500. The molecule has 0 fully saturated rings. The Morgan fingerprint density at radius 2 is 2.56 bits per heavy atom. The van der Waals surface area contributed by atoms with E-state index in [4.69, 9.17) is 5.11 Å². The van der Waals surface area contributed by atoms with Crippen LogP contribution in [-0.4, -0.2) is 28.4 Å². The topological polar surface area (TPSA) is 49.8 Å². The molecule has 52 valence electrons. The summed E-state index contributed by atoms with van der Waals surface area (Å²) in [5.41, 5.74) is 0.922. The van der Waals surface area contributed by atoms with Crippen molar-refractivity contribution < 1.29 is 14.7 Å². The summed E-state index contributed by atoms with van der Waals surface area (Å²) in [6.45, 7) is 1.97. The number of nitrogens with zero attached hydrogens (tertiary/aromatic N) is 1. The molecule has 0 spiro atoms. The van der Waals surface area contributed by atoms with Gasteiger partial charge in [0.15, 0.2) is 0 Å². The average molecular weight is 149 g/mol. The SMILES string of the molecule is CCON(C=S)C(=O)O. The van der Waals surface area contributed by atoms with Gasteiger partial charge in [-0.25, -0.2) is 4.79 Å². The van der Waals surface area contributed by atoms with Gasteiger partial charge in [0, 0.05) is 0 Å². The fourth-order valence-corrected chi connectivity index (χ4v) is 0.421. The smallest absolute Gasteiger partial charge is 0.436 e. The Morgan fingerprint density at radius 1 is 2.00 bits per heavy atom. The number of rotatable bonds is 3. The molecule has 0 bridgehead atoms. The van der Waals surface area contributed by atoms with Crippen LogP contribution in [0.4, 0.5) is 4.79 Å².